The molecule has 0 N–H and O–H groups in total. The fourth-order valence-electron chi connectivity index (χ4n) is 4.36. The molecule has 2 aromatic rings. The minimum atomic E-state index is -0.254. The van der Waals surface area contributed by atoms with Gasteiger partial charge in [0.05, 0.1) is 19.8 Å². The normalized spacial score (nSPS) is 20.2. The molecule has 0 amide bonds. The Morgan fingerprint density at radius 1 is 1.17 bits per heavy atom. The molecule has 162 valence electrons. The first-order valence-electron chi connectivity index (χ1n) is 10.7. The van der Waals surface area contributed by atoms with Crippen LogP contribution in [0.3, 0.4) is 0 Å². The largest absolute Gasteiger partial charge is 0.490 e. The monoisotopic (exact) mass is 430 g/mol. The highest BCUT2D eigenvalue weighted by Crippen LogP contribution is 2.36. The van der Waals surface area contributed by atoms with Crippen LogP contribution in [0.1, 0.15) is 29.0 Å². The van der Waals surface area contributed by atoms with Crippen LogP contribution in [0.25, 0.3) is 0 Å². The summed E-state index contributed by atoms with van der Waals surface area (Å²) in [6.07, 6.45) is 2.97. The van der Waals surface area contributed by atoms with E-state index in [1.165, 1.54) is 10.5 Å². The number of benzene rings is 2. The van der Waals surface area contributed by atoms with Crippen LogP contribution in [-0.2, 0) is 11.3 Å². The zero-order chi connectivity index (χ0) is 20.9. The van der Waals surface area contributed by atoms with Crippen LogP contribution in [0.15, 0.2) is 41.3 Å². The fourth-order valence-corrected chi connectivity index (χ4v) is 4.77. The number of hydrogen-bond donors (Lipinski definition) is 0. The summed E-state index contributed by atoms with van der Waals surface area (Å²) in [5.74, 6) is 0.303. The Balaban J connectivity index is 1.44. The summed E-state index contributed by atoms with van der Waals surface area (Å²) in [6, 6.07) is 12.3. The molecule has 0 aliphatic carbocycles. The summed E-state index contributed by atoms with van der Waals surface area (Å²) in [5, 5.41) is 0. The first kappa shape index (κ1) is 21.6. The number of ether oxygens (including phenoxy) is 2. The van der Waals surface area contributed by atoms with Gasteiger partial charge in [0.2, 0.25) is 0 Å². The molecule has 2 aromatic carbocycles. The molecule has 30 heavy (non-hydrogen) atoms. The lowest BCUT2D eigenvalue weighted by Crippen LogP contribution is -2.37. The van der Waals surface area contributed by atoms with Crippen molar-refractivity contribution in [2.75, 3.05) is 59.3 Å². The second-order valence-electron chi connectivity index (χ2n) is 8.16. The minimum Gasteiger partial charge on any atom is -0.490 e. The topological polar surface area (TPSA) is 24.9 Å². The number of morpholine rings is 1. The van der Waals surface area contributed by atoms with E-state index in [0.29, 0.717) is 12.4 Å². The van der Waals surface area contributed by atoms with Gasteiger partial charge in [-0.15, -0.1) is 11.8 Å². The van der Waals surface area contributed by atoms with Gasteiger partial charge in [-0.3, -0.25) is 4.90 Å². The van der Waals surface area contributed by atoms with Crippen molar-refractivity contribution in [2.45, 2.75) is 23.8 Å². The molecule has 0 bridgehead atoms. The highest BCUT2D eigenvalue weighted by molar-refractivity contribution is 7.98. The summed E-state index contributed by atoms with van der Waals surface area (Å²) < 4.78 is 26.1. The average molecular weight is 431 g/mol. The molecule has 4 rings (SSSR count). The van der Waals surface area contributed by atoms with E-state index in [0.717, 1.165) is 63.5 Å². The molecular weight excluding hydrogens is 399 g/mol. The maximum Gasteiger partial charge on any atom is 0.165 e. The van der Waals surface area contributed by atoms with Crippen molar-refractivity contribution in [2.24, 2.45) is 0 Å². The molecule has 1 saturated heterocycles. The second kappa shape index (κ2) is 10.1. The lowest BCUT2D eigenvalue weighted by molar-refractivity contribution is 0.0357. The van der Waals surface area contributed by atoms with Gasteiger partial charge < -0.3 is 14.4 Å². The molecule has 0 aromatic heterocycles. The second-order valence-corrected chi connectivity index (χ2v) is 9.04. The van der Waals surface area contributed by atoms with Crippen molar-refractivity contribution in [3.8, 4) is 5.75 Å². The molecule has 0 spiro atoms. The molecular formula is C24H31FN2O2S. The van der Waals surface area contributed by atoms with E-state index in [1.54, 1.807) is 17.8 Å². The molecule has 1 atom stereocenters. The lowest BCUT2D eigenvalue weighted by atomic mass is 9.84. The molecule has 2 aliphatic heterocycles. The first-order chi connectivity index (χ1) is 14.6. The Morgan fingerprint density at radius 3 is 2.67 bits per heavy atom. The summed E-state index contributed by atoms with van der Waals surface area (Å²) in [5.41, 5.74) is 3.48. The molecule has 0 radical (unpaired) electrons. The summed E-state index contributed by atoms with van der Waals surface area (Å²) in [4.78, 5) is 5.92. The number of likely N-dealkylation sites (N-methyl/N-ethyl adjacent to an activating group) is 1. The minimum absolute atomic E-state index is 0.180. The van der Waals surface area contributed by atoms with Crippen LogP contribution in [0, 0.1) is 5.82 Å². The Hall–Kier alpha value is -1.60. The Labute approximate surface area is 183 Å². The quantitative estimate of drug-likeness (QED) is 0.484. The van der Waals surface area contributed by atoms with Gasteiger partial charge in [0.15, 0.2) is 11.6 Å². The van der Waals surface area contributed by atoms with E-state index < -0.39 is 0 Å². The number of rotatable bonds is 7. The Morgan fingerprint density at radius 2 is 1.93 bits per heavy atom. The molecule has 1 unspecified atom stereocenters. The highest BCUT2D eigenvalue weighted by atomic mass is 32.2. The summed E-state index contributed by atoms with van der Waals surface area (Å²) in [7, 11) is 2.12. The van der Waals surface area contributed by atoms with Crippen molar-refractivity contribution >= 4 is 11.8 Å². The van der Waals surface area contributed by atoms with Gasteiger partial charge in [0.25, 0.3) is 0 Å². The third-order valence-electron chi connectivity index (χ3n) is 6.00. The van der Waals surface area contributed by atoms with Crippen LogP contribution in [0.2, 0.25) is 0 Å². The zero-order valence-electron chi connectivity index (χ0n) is 17.9. The standard InChI is InChI=1S/C24H31FN2O2S/c1-26-16-19-14-24(29-11-3-8-27-9-12-28-13-10-27)23(25)15-21(19)22(17-26)18-4-6-20(30-2)7-5-18/h4-7,14-15,22H,3,8-13,16-17H2,1-2H3. The SMILES string of the molecule is CSc1ccc(C2CN(C)Cc3cc(OCCCN4CCOCC4)c(F)cc32)cc1. The maximum atomic E-state index is 14.9. The maximum absolute atomic E-state index is 14.9. The molecule has 2 heterocycles. The van der Waals surface area contributed by atoms with Gasteiger partial charge in [0, 0.05) is 43.5 Å². The Bertz CT molecular complexity index is 840. The lowest BCUT2D eigenvalue weighted by Gasteiger charge is -2.33. The third-order valence-corrected chi connectivity index (χ3v) is 6.75. The highest BCUT2D eigenvalue weighted by Gasteiger charge is 2.27. The number of halogens is 1. The number of hydrogen-bond acceptors (Lipinski definition) is 5. The molecule has 6 heteroatoms. The van der Waals surface area contributed by atoms with Gasteiger partial charge in [-0.05, 0) is 60.7 Å². The van der Waals surface area contributed by atoms with Crippen molar-refractivity contribution in [3.63, 3.8) is 0 Å². The number of fused-ring (bicyclic) bond motifs is 1. The van der Waals surface area contributed by atoms with E-state index in [9.17, 15) is 4.39 Å². The van der Waals surface area contributed by atoms with Crippen LogP contribution in [0.4, 0.5) is 4.39 Å². The third kappa shape index (κ3) is 5.17. The van der Waals surface area contributed by atoms with E-state index in [2.05, 4.69) is 47.4 Å². The molecule has 2 aliphatic rings. The van der Waals surface area contributed by atoms with Gasteiger partial charge in [0.1, 0.15) is 0 Å². The summed E-state index contributed by atoms with van der Waals surface area (Å²) >= 11 is 1.74. The number of nitrogens with zero attached hydrogens (tertiary/aromatic N) is 2. The first-order valence-corrected chi connectivity index (χ1v) is 11.9. The van der Waals surface area contributed by atoms with E-state index in [4.69, 9.17) is 9.47 Å². The van der Waals surface area contributed by atoms with E-state index in [1.807, 2.05) is 6.07 Å². The predicted octanol–water partition coefficient (Wildman–Crippen LogP) is 4.23. The fraction of sp³-hybridized carbons (Fsp3) is 0.500. The van der Waals surface area contributed by atoms with Crippen molar-refractivity contribution in [3.05, 3.63) is 58.9 Å². The Kier molecular flexibility index (Phi) is 7.31. The van der Waals surface area contributed by atoms with Crippen LogP contribution < -0.4 is 4.74 Å². The van der Waals surface area contributed by atoms with Crippen LogP contribution in [0.5, 0.6) is 5.75 Å². The van der Waals surface area contributed by atoms with Crippen LogP contribution >= 0.6 is 11.8 Å². The van der Waals surface area contributed by atoms with Gasteiger partial charge in [-0.2, -0.15) is 0 Å². The van der Waals surface area contributed by atoms with E-state index >= 15 is 0 Å². The van der Waals surface area contributed by atoms with Gasteiger partial charge >= 0.3 is 0 Å². The molecule has 0 saturated carbocycles. The van der Waals surface area contributed by atoms with Crippen molar-refractivity contribution in [1.29, 1.82) is 0 Å². The van der Waals surface area contributed by atoms with Crippen LogP contribution in [-0.4, -0.2) is 69.1 Å². The zero-order valence-corrected chi connectivity index (χ0v) is 18.7. The van der Waals surface area contributed by atoms with Crippen molar-refractivity contribution in [1.82, 2.24) is 9.80 Å². The van der Waals surface area contributed by atoms with Gasteiger partial charge in [-0.1, -0.05) is 12.1 Å². The molecule has 1 fully saturated rings. The van der Waals surface area contributed by atoms with Gasteiger partial charge in [-0.25, -0.2) is 4.39 Å². The smallest absolute Gasteiger partial charge is 0.165 e. The predicted molar refractivity (Wildman–Crippen MR) is 120 cm³/mol. The van der Waals surface area contributed by atoms with E-state index in [-0.39, 0.29) is 11.7 Å². The molecule has 4 nitrogen and oxygen atoms in total. The summed E-state index contributed by atoms with van der Waals surface area (Å²) in [6.45, 7) is 6.75. The average Bonchev–Trinajstić information content (AvgIpc) is 2.77. The van der Waals surface area contributed by atoms with Crippen molar-refractivity contribution < 1.29 is 13.9 Å². The number of thioether (sulfide) groups is 1.